The summed E-state index contributed by atoms with van der Waals surface area (Å²) in [4.78, 5) is 11.6. The molecule has 2 atom stereocenters. The van der Waals surface area contributed by atoms with Crippen LogP contribution in [0, 0.1) is 19.8 Å². The van der Waals surface area contributed by atoms with Crippen molar-refractivity contribution in [1.29, 1.82) is 0 Å². The molecule has 1 aliphatic carbocycles. The van der Waals surface area contributed by atoms with Gasteiger partial charge < -0.3 is 9.84 Å². The molecule has 4 nitrogen and oxygen atoms in total. The van der Waals surface area contributed by atoms with Gasteiger partial charge in [-0.3, -0.25) is 4.79 Å². The number of hydrogen-bond donors (Lipinski definition) is 1. The molecule has 1 N–H and O–H groups in total. The van der Waals surface area contributed by atoms with Gasteiger partial charge in [-0.15, -0.1) is 11.6 Å². The second kappa shape index (κ2) is 5.35. The Kier molecular flexibility index (Phi) is 3.39. The van der Waals surface area contributed by atoms with E-state index in [0.29, 0.717) is 6.42 Å². The van der Waals surface area contributed by atoms with E-state index in [1.54, 1.807) is 0 Å². The van der Waals surface area contributed by atoms with Crippen molar-refractivity contribution in [1.82, 2.24) is 10.5 Å². The second-order valence-electron chi connectivity index (χ2n) is 6.30. The minimum atomic E-state index is -1.09. The maximum absolute atomic E-state index is 12.7. The number of aryl methyl sites for hydroxylation is 2. The van der Waals surface area contributed by atoms with Crippen molar-refractivity contribution in [2.24, 2.45) is 5.92 Å². The Morgan fingerprint density at radius 1 is 1.25 bits per heavy atom. The fraction of sp³-hybridized carbons (Fsp3) is 0.263. The number of halogens is 1. The number of allylic oxidation sites excluding steroid dienone is 4. The van der Waals surface area contributed by atoms with Crippen LogP contribution in [0.15, 0.2) is 52.7 Å². The fourth-order valence-corrected chi connectivity index (χ4v) is 4.08. The van der Waals surface area contributed by atoms with Gasteiger partial charge >= 0.3 is 0 Å². The molecule has 0 spiro atoms. The number of nitrogens with zero attached hydrogens (tertiary/aromatic N) is 1. The standard InChI is InChI=1S/C19H17ClN2O2/c1-11-17(12(2)24-22-11)13-8-9-16-15(10-13)19(20,18(23)21-16)14-6-4-3-5-7-14/h3-9,15H,10H2,1-2H3,(H,21,23). The zero-order chi connectivity index (χ0) is 16.9. The number of carbonyl (C=O) groups is 1. The number of nitrogens with one attached hydrogen (secondary N) is 1. The lowest BCUT2D eigenvalue weighted by Crippen LogP contribution is -2.34. The first-order valence-electron chi connectivity index (χ1n) is 7.91. The number of fused-ring (bicyclic) bond motifs is 1. The number of carbonyl (C=O) groups excluding carboxylic acids is 1. The summed E-state index contributed by atoms with van der Waals surface area (Å²) in [5, 5.41) is 6.98. The molecule has 0 bridgehead atoms. The Bertz CT molecular complexity index is 863. The van der Waals surface area contributed by atoms with E-state index in [1.165, 1.54) is 0 Å². The van der Waals surface area contributed by atoms with Crippen LogP contribution in [0.25, 0.3) is 5.57 Å². The molecule has 1 aromatic heterocycles. The normalized spacial score (nSPS) is 25.8. The Morgan fingerprint density at radius 2 is 2.00 bits per heavy atom. The van der Waals surface area contributed by atoms with Gasteiger partial charge in [0.2, 0.25) is 0 Å². The second-order valence-corrected chi connectivity index (χ2v) is 6.90. The third kappa shape index (κ3) is 2.06. The van der Waals surface area contributed by atoms with E-state index in [4.69, 9.17) is 16.1 Å². The predicted molar refractivity (Wildman–Crippen MR) is 92.3 cm³/mol. The Balaban J connectivity index is 1.77. The molecule has 4 rings (SSSR count). The first-order valence-corrected chi connectivity index (χ1v) is 8.29. The molecule has 1 amide bonds. The van der Waals surface area contributed by atoms with Gasteiger partial charge in [0.1, 0.15) is 5.76 Å². The molecule has 1 fully saturated rings. The summed E-state index contributed by atoms with van der Waals surface area (Å²) in [5.74, 6) is 0.482. The largest absolute Gasteiger partial charge is 0.361 e. The van der Waals surface area contributed by atoms with Crippen LogP contribution in [-0.4, -0.2) is 11.1 Å². The molecule has 24 heavy (non-hydrogen) atoms. The molecule has 122 valence electrons. The minimum absolute atomic E-state index is 0.136. The lowest BCUT2D eigenvalue weighted by atomic mass is 9.78. The number of aromatic nitrogens is 1. The van der Waals surface area contributed by atoms with Crippen LogP contribution in [0.3, 0.4) is 0 Å². The summed E-state index contributed by atoms with van der Waals surface area (Å²) in [5.41, 5.74) is 4.65. The van der Waals surface area contributed by atoms with Crippen molar-refractivity contribution in [3.05, 3.63) is 70.8 Å². The van der Waals surface area contributed by atoms with Crippen molar-refractivity contribution in [3.63, 3.8) is 0 Å². The Morgan fingerprint density at radius 3 is 2.67 bits per heavy atom. The highest BCUT2D eigenvalue weighted by Gasteiger charge is 2.53. The van der Waals surface area contributed by atoms with Gasteiger partial charge in [-0.25, -0.2) is 0 Å². The molecule has 1 aromatic carbocycles. The highest BCUT2D eigenvalue weighted by atomic mass is 35.5. The van der Waals surface area contributed by atoms with E-state index in [1.807, 2.05) is 56.3 Å². The maximum Gasteiger partial charge on any atom is 0.250 e. The lowest BCUT2D eigenvalue weighted by molar-refractivity contribution is -0.121. The molecule has 0 saturated carbocycles. The number of benzene rings is 1. The van der Waals surface area contributed by atoms with Crippen molar-refractivity contribution < 1.29 is 9.32 Å². The van der Waals surface area contributed by atoms with Crippen LogP contribution in [0.4, 0.5) is 0 Å². The predicted octanol–water partition coefficient (Wildman–Crippen LogP) is 3.84. The van der Waals surface area contributed by atoms with Crippen molar-refractivity contribution in [2.45, 2.75) is 25.1 Å². The smallest absolute Gasteiger partial charge is 0.250 e. The Labute approximate surface area is 145 Å². The molecule has 2 aliphatic rings. The lowest BCUT2D eigenvalue weighted by Gasteiger charge is -2.29. The summed E-state index contributed by atoms with van der Waals surface area (Å²) in [6.45, 7) is 3.83. The van der Waals surface area contributed by atoms with Crippen molar-refractivity contribution in [2.75, 3.05) is 0 Å². The monoisotopic (exact) mass is 340 g/mol. The maximum atomic E-state index is 12.7. The highest BCUT2D eigenvalue weighted by molar-refractivity contribution is 6.36. The van der Waals surface area contributed by atoms with Crippen molar-refractivity contribution >= 4 is 23.1 Å². The molecular weight excluding hydrogens is 324 g/mol. The summed E-state index contributed by atoms with van der Waals surface area (Å²) in [6.07, 6.45) is 4.62. The number of rotatable bonds is 2. The quantitative estimate of drug-likeness (QED) is 0.845. The van der Waals surface area contributed by atoms with E-state index in [0.717, 1.165) is 33.9 Å². The first-order chi connectivity index (χ1) is 11.5. The average Bonchev–Trinajstić information content (AvgIpc) is 3.06. The SMILES string of the molecule is Cc1noc(C)c1C1=CC=C2NC(=O)C(Cl)(c3ccccc3)C2C1. The zero-order valence-electron chi connectivity index (χ0n) is 13.5. The van der Waals surface area contributed by atoms with E-state index in [9.17, 15) is 4.79 Å². The molecule has 1 aliphatic heterocycles. The van der Waals surface area contributed by atoms with E-state index < -0.39 is 4.87 Å². The van der Waals surface area contributed by atoms with Gasteiger partial charge in [-0.05, 0) is 37.5 Å². The van der Waals surface area contributed by atoms with Crippen LogP contribution in [0.5, 0.6) is 0 Å². The van der Waals surface area contributed by atoms with Gasteiger partial charge in [0.05, 0.1) is 5.69 Å². The van der Waals surface area contributed by atoms with Gasteiger partial charge in [-0.1, -0.05) is 41.6 Å². The van der Waals surface area contributed by atoms with Gasteiger partial charge in [-0.2, -0.15) is 0 Å². The summed E-state index contributed by atoms with van der Waals surface area (Å²) < 4.78 is 5.29. The van der Waals surface area contributed by atoms with Crippen LogP contribution in [-0.2, 0) is 9.67 Å². The van der Waals surface area contributed by atoms with E-state index in [2.05, 4.69) is 10.5 Å². The number of amides is 1. The summed E-state index contributed by atoms with van der Waals surface area (Å²) >= 11 is 6.91. The highest BCUT2D eigenvalue weighted by Crippen LogP contribution is 2.50. The molecule has 0 radical (unpaired) electrons. The number of alkyl halides is 1. The third-order valence-electron chi connectivity index (χ3n) is 4.88. The first kappa shape index (κ1) is 15.2. The molecule has 2 aromatic rings. The topological polar surface area (TPSA) is 55.1 Å². The average molecular weight is 341 g/mol. The van der Waals surface area contributed by atoms with Crippen LogP contribution >= 0.6 is 11.6 Å². The van der Waals surface area contributed by atoms with E-state index >= 15 is 0 Å². The van der Waals surface area contributed by atoms with Crippen LogP contribution in [0.2, 0.25) is 0 Å². The number of hydrogen-bond acceptors (Lipinski definition) is 3. The van der Waals surface area contributed by atoms with Crippen LogP contribution < -0.4 is 5.32 Å². The fourth-order valence-electron chi connectivity index (χ4n) is 3.71. The molecular formula is C19H17ClN2O2. The summed E-state index contributed by atoms with van der Waals surface area (Å²) in [7, 11) is 0. The molecule has 2 unspecified atom stereocenters. The zero-order valence-corrected chi connectivity index (χ0v) is 14.2. The van der Waals surface area contributed by atoms with Crippen LogP contribution in [0.1, 0.15) is 29.0 Å². The summed E-state index contributed by atoms with van der Waals surface area (Å²) in [6, 6.07) is 9.54. The molecule has 2 heterocycles. The molecule has 1 saturated heterocycles. The Hall–Kier alpha value is -2.33. The van der Waals surface area contributed by atoms with Gasteiger partial charge in [0, 0.05) is 17.2 Å². The third-order valence-corrected chi connectivity index (χ3v) is 5.53. The minimum Gasteiger partial charge on any atom is -0.361 e. The molecule has 5 heteroatoms. The van der Waals surface area contributed by atoms with Gasteiger partial charge in [0.25, 0.3) is 5.91 Å². The van der Waals surface area contributed by atoms with Gasteiger partial charge in [0.15, 0.2) is 4.87 Å². The van der Waals surface area contributed by atoms with E-state index in [-0.39, 0.29) is 11.8 Å². The van der Waals surface area contributed by atoms with Crippen molar-refractivity contribution in [3.8, 4) is 0 Å².